The van der Waals surface area contributed by atoms with Gasteiger partial charge in [-0.15, -0.1) is 0 Å². The van der Waals surface area contributed by atoms with Gasteiger partial charge in [-0.1, -0.05) is 23.7 Å². The molecule has 3 aromatic rings. The monoisotopic (exact) mass is 329 g/mol. The Balaban J connectivity index is 2.17. The molecular formula is C18H16ClNOS. The topological polar surface area (TPSA) is 22.1 Å². The van der Waals surface area contributed by atoms with Gasteiger partial charge in [0.2, 0.25) is 0 Å². The van der Waals surface area contributed by atoms with Crippen LogP contribution >= 0.6 is 22.9 Å². The van der Waals surface area contributed by atoms with Crippen LogP contribution < -0.4 is 4.74 Å². The van der Waals surface area contributed by atoms with Gasteiger partial charge in [-0.25, -0.2) is 4.98 Å². The molecule has 0 saturated carbocycles. The highest BCUT2D eigenvalue weighted by Gasteiger charge is 2.13. The van der Waals surface area contributed by atoms with Gasteiger partial charge in [-0.05, 0) is 37.4 Å². The zero-order valence-corrected chi connectivity index (χ0v) is 14.0. The lowest BCUT2D eigenvalue weighted by molar-refractivity contribution is 0.338. The van der Waals surface area contributed by atoms with E-state index >= 15 is 0 Å². The average molecular weight is 330 g/mol. The van der Waals surface area contributed by atoms with Crippen molar-refractivity contribution in [1.29, 1.82) is 0 Å². The smallest absolute Gasteiger partial charge is 0.126 e. The number of aromatic nitrogens is 1. The third-order valence-electron chi connectivity index (χ3n) is 3.46. The minimum absolute atomic E-state index is 0.633. The lowest BCUT2D eigenvalue weighted by Gasteiger charge is -2.14. The zero-order chi connectivity index (χ0) is 15.5. The van der Waals surface area contributed by atoms with Gasteiger partial charge < -0.3 is 4.74 Å². The van der Waals surface area contributed by atoms with E-state index in [2.05, 4.69) is 16.8 Å². The van der Waals surface area contributed by atoms with E-state index in [0.717, 1.165) is 38.9 Å². The van der Waals surface area contributed by atoms with Crippen LogP contribution in [0.2, 0.25) is 5.02 Å². The molecule has 2 nitrogen and oxygen atoms in total. The van der Waals surface area contributed by atoms with Crippen molar-refractivity contribution >= 4 is 22.9 Å². The first-order valence-electron chi connectivity index (χ1n) is 7.12. The Kier molecular flexibility index (Phi) is 4.46. The summed E-state index contributed by atoms with van der Waals surface area (Å²) in [4.78, 5) is 4.84. The Morgan fingerprint density at radius 2 is 1.91 bits per heavy atom. The SMILES string of the molecule is CCOc1cc(-c2ccsc2)nc(-c2ccc(Cl)cc2)c1C. The third-order valence-corrected chi connectivity index (χ3v) is 4.39. The second kappa shape index (κ2) is 6.51. The molecule has 3 rings (SSSR count). The number of thiophene rings is 1. The van der Waals surface area contributed by atoms with Gasteiger partial charge in [-0.2, -0.15) is 11.3 Å². The Bertz CT molecular complexity index is 767. The van der Waals surface area contributed by atoms with Crippen molar-refractivity contribution in [1.82, 2.24) is 4.98 Å². The minimum Gasteiger partial charge on any atom is -0.493 e. The third kappa shape index (κ3) is 3.01. The van der Waals surface area contributed by atoms with Gasteiger partial charge >= 0.3 is 0 Å². The molecule has 0 amide bonds. The standard InChI is InChI=1S/C18H16ClNOS/c1-3-21-17-10-16(14-8-9-22-11-14)20-18(12(17)2)13-4-6-15(19)7-5-13/h4-11H,3H2,1-2H3. The summed E-state index contributed by atoms with van der Waals surface area (Å²) in [6.45, 7) is 4.67. The lowest BCUT2D eigenvalue weighted by Crippen LogP contribution is -1.99. The number of ether oxygens (including phenoxy) is 1. The number of hydrogen-bond acceptors (Lipinski definition) is 3. The van der Waals surface area contributed by atoms with Gasteiger partial charge in [0, 0.05) is 33.2 Å². The summed E-state index contributed by atoms with van der Waals surface area (Å²) in [5.41, 5.74) is 5.06. The highest BCUT2D eigenvalue weighted by Crippen LogP contribution is 2.34. The van der Waals surface area contributed by atoms with Gasteiger partial charge in [0.25, 0.3) is 0 Å². The first-order valence-corrected chi connectivity index (χ1v) is 8.44. The highest BCUT2D eigenvalue weighted by atomic mass is 35.5. The van der Waals surface area contributed by atoms with E-state index in [-0.39, 0.29) is 0 Å². The number of nitrogens with zero attached hydrogens (tertiary/aromatic N) is 1. The Hall–Kier alpha value is -1.84. The molecule has 4 heteroatoms. The van der Waals surface area contributed by atoms with E-state index in [9.17, 15) is 0 Å². The fraction of sp³-hybridized carbons (Fsp3) is 0.167. The second-order valence-corrected chi connectivity index (χ2v) is 6.15. The number of rotatable bonds is 4. The summed E-state index contributed by atoms with van der Waals surface area (Å²) in [5, 5.41) is 4.87. The van der Waals surface area contributed by atoms with E-state index < -0.39 is 0 Å². The van der Waals surface area contributed by atoms with Crippen LogP contribution in [0.4, 0.5) is 0 Å². The summed E-state index contributed by atoms with van der Waals surface area (Å²) < 4.78 is 5.80. The van der Waals surface area contributed by atoms with Crippen LogP contribution in [0, 0.1) is 6.92 Å². The van der Waals surface area contributed by atoms with Crippen LogP contribution in [0.25, 0.3) is 22.5 Å². The molecule has 2 aromatic heterocycles. The van der Waals surface area contributed by atoms with Crippen molar-refractivity contribution in [2.75, 3.05) is 6.61 Å². The average Bonchev–Trinajstić information content (AvgIpc) is 3.05. The highest BCUT2D eigenvalue weighted by molar-refractivity contribution is 7.08. The van der Waals surface area contributed by atoms with Crippen LogP contribution in [0.3, 0.4) is 0 Å². The van der Waals surface area contributed by atoms with Crippen molar-refractivity contribution in [2.24, 2.45) is 0 Å². The Morgan fingerprint density at radius 1 is 1.14 bits per heavy atom. The quantitative estimate of drug-likeness (QED) is 0.600. The fourth-order valence-corrected chi connectivity index (χ4v) is 3.11. The molecule has 112 valence electrons. The van der Waals surface area contributed by atoms with Crippen LogP contribution in [0.5, 0.6) is 5.75 Å². The molecule has 0 bridgehead atoms. The fourth-order valence-electron chi connectivity index (χ4n) is 2.34. The van der Waals surface area contributed by atoms with Crippen LogP contribution in [0.1, 0.15) is 12.5 Å². The summed E-state index contributed by atoms with van der Waals surface area (Å²) in [6.07, 6.45) is 0. The second-order valence-electron chi connectivity index (χ2n) is 4.93. The molecule has 0 N–H and O–H groups in total. The maximum atomic E-state index is 5.99. The predicted octanol–water partition coefficient (Wildman–Crippen LogP) is 5.84. The van der Waals surface area contributed by atoms with Crippen molar-refractivity contribution in [2.45, 2.75) is 13.8 Å². The molecule has 0 unspecified atom stereocenters. The first-order chi connectivity index (χ1) is 10.7. The van der Waals surface area contributed by atoms with Crippen molar-refractivity contribution in [3.63, 3.8) is 0 Å². The molecule has 0 saturated heterocycles. The zero-order valence-electron chi connectivity index (χ0n) is 12.5. The largest absolute Gasteiger partial charge is 0.493 e. The molecule has 2 heterocycles. The summed E-state index contributed by atoms with van der Waals surface area (Å²) in [7, 11) is 0. The number of halogens is 1. The number of pyridine rings is 1. The van der Waals surface area contributed by atoms with E-state index in [4.69, 9.17) is 21.3 Å². The van der Waals surface area contributed by atoms with Gasteiger partial charge in [0.15, 0.2) is 0 Å². The van der Waals surface area contributed by atoms with Crippen LogP contribution in [-0.2, 0) is 0 Å². The maximum absolute atomic E-state index is 5.99. The normalized spacial score (nSPS) is 10.7. The summed E-state index contributed by atoms with van der Waals surface area (Å²) in [5.74, 6) is 0.878. The van der Waals surface area contributed by atoms with E-state index in [1.54, 1.807) is 11.3 Å². The molecule has 0 atom stereocenters. The van der Waals surface area contributed by atoms with Crippen molar-refractivity contribution < 1.29 is 4.74 Å². The summed E-state index contributed by atoms with van der Waals surface area (Å²) >= 11 is 7.65. The van der Waals surface area contributed by atoms with E-state index in [0.29, 0.717) is 6.61 Å². The molecule has 0 aliphatic carbocycles. The van der Waals surface area contributed by atoms with Crippen molar-refractivity contribution in [3.8, 4) is 28.3 Å². The van der Waals surface area contributed by atoms with Crippen LogP contribution in [0.15, 0.2) is 47.2 Å². The number of benzene rings is 1. The molecule has 1 aromatic carbocycles. The molecule has 0 aliphatic rings. The molecule has 0 aliphatic heterocycles. The van der Waals surface area contributed by atoms with E-state index in [1.165, 1.54) is 0 Å². The molecule has 22 heavy (non-hydrogen) atoms. The number of hydrogen-bond donors (Lipinski definition) is 0. The maximum Gasteiger partial charge on any atom is 0.126 e. The van der Waals surface area contributed by atoms with E-state index in [1.807, 2.05) is 44.2 Å². The van der Waals surface area contributed by atoms with Crippen molar-refractivity contribution in [3.05, 3.63) is 57.7 Å². The lowest BCUT2D eigenvalue weighted by atomic mass is 10.0. The predicted molar refractivity (Wildman–Crippen MR) is 93.9 cm³/mol. The molecule has 0 spiro atoms. The molecule has 0 fully saturated rings. The van der Waals surface area contributed by atoms with Gasteiger partial charge in [0.05, 0.1) is 18.0 Å². The first kappa shape index (κ1) is 15.1. The molecular weight excluding hydrogens is 314 g/mol. The van der Waals surface area contributed by atoms with Gasteiger partial charge in [-0.3, -0.25) is 0 Å². The Morgan fingerprint density at radius 3 is 2.55 bits per heavy atom. The minimum atomic E-state index is 0.633. The summed E-state index contributed by atoms with van der Waals surface area (Å²) in [6, 6.07) is 11.8. The van der Waals surface area contributed by atoms with Crippen LogP contribution in [-0.4, -0.2) is 11.6 Å². The molecule has 0 radical (unpaired) electrons. The Labute approximate surface area is 139 Å². The van der Waals surface area contributed by atoms with Gasteiger partial charge in [0.1, 0.15) is 5.75 Å².